The predicted octanol–water partition coefficient (Wildman–Crippen LogP) is 2.41. The van der Waals surface area contributed by atoms with Crippen molar-refractivity contribution < 1.29 is 13.2 Å². The first kappa shape index (κ1) is 18.3. The van der Waals surface area contributed by atoms with E-state index in [0.29, 0.717) is 28.0 Å². The van der Waals surface area contributed by atoms with Crippen LogP contribution in [0.4, 0.5) is 0 Å². The minimum atomic E-state index is -3.73. The van der Waals surface area contributed by atoms with E-state index in [-0.39, 0.29) is 29.6 Å². The van der Waals surface area contributed by atoms with E-state index in [1.54, 1.807) is 18.3 Å². The SMILES string of the molecule is N#CCCNS(=O)(=O)c1cccc(-c2c[nH]c3ncc(C(=O)C4CC4)nc23)c1. The number of carbonyl (C=O) groups excluding carboxylic acids is 1. The number of nitrogens with zero attached hydrogens (tertiary/aromatic N) is 3. The quantitative estimate of drug-likeness (QED) is 0.467. The second-order valence-electron chi connectivity index (χ2n) is 6.63. The van der Waals surface area contributed by atoms with Gasteiger partial charge in [0.1, 0.15) is 11.2 Å². The molecule has 1 aliphatic rings. The van der Waals surface area contributed by atoms with Gasteiger partial charge in [-0.05, 0) is 30.5 Å². The lowest BCUT2D eigenvalue weighted by Gasteiger charge is -2.07. The molecular formula is C19H17N5O3S. The summed E-state index contributed by atoms with van der Waals surface area (Å²) in [5.41, 5.74) is 2.70. The van der Waals surface area contributed by atoms with E-state index in [0.717, 1.165) is 12.8 Å². The maximum atomic E-state index is 12.4. The van der Waals surface area contributed by atoms with Crippen molar-refractivity contribution in [2.45, 2.75) is 24.2 Å². The van der Waals surface area contributed by atoms with Crippen molar-refractivity contribution in [3.05, 3.63) is 42.4 Å². The number of aromatic nitrogens is 3. The highest BCUT2D eigenvalue weighted by Crippen LogP contribution is 2.33. The first-order chi connectivity index (χ1) is 13.5. The third kappa shape index (κ3) is 3.52. The Morgan fingerprint density at radius 2 is 2.18 bits per heavy atom. The maximum absolute atomic E-state index is 12.4. The Morgan fingerprint density at radius 3 is 2.93 bits per heavy atom. The second-order valence-corrected chi connectivity index (χ2v) is 8.39. The van der Waals surface area contributed by atoms with Crippen LogP contribution in [-0.4, -0.2) is 35.7 Å². The van der Waals surface area contributed by atoms with Crippen molar-refractivity contribution in [3.8, 4) is 17.2 Å². The highest BCUT2D eigenvalue weighted by atomic mass is 32.2. The Hall–Kier alpha value is -3.09. The molecule has 142 valence electrons. The number of sulfonamides is 1. The Morgan fingerprint density at radius 1 is 1.36 bits per heavy atom. The van der Waals surface area contributed by atoms with E-state index < -0.39 is 10.0 Å². The molecule has 0 spiro atoms. The van der Waals surface area contributed by atoms with E-state index in [4.69, 9.17) is 5.26 Å². The van der Waals surface area contributed by atoms with Gasteiger partial charge in [0.05, 0.1) is 17.2 Å². The van der Waals surface area contributed by atoms with Crippen molar-refractivity contribution >= 4 is 27.0 Å². The highest BCUT2D eigenvalue weighted by Gasteiger charge is 2.31. The van der Waals surface area contributed by atoms with Gasteiger partial charge in [-0.3, -0.25) is 4.79 Å². The van der Waals surface area contributed by atoms with Crippen LogP contribution < -0.4 is 4.72 Å². The predicted molar refractivity (Wildman–Crippen MR) is 102 cm³/mol. The molecule has 4 rings (SSSR count). The molecule has 9 heteroatoms. The number of carbonyl (C=O) groups is 1. The van der Waals surface area contributed by atoms with Crippen LogP contribution in [0.1, 0.15) is 29.8 Å². The smallest absolute Gasteiger partial charge is 0.240 e. The zero-order chi connectivity index (χ0) is 19.7. The molecule has 1 aliphatic carbocycles. The molecule has 0 aliphatic heterocycles. The fraction of sp³-hybridized carbons (Fsp3) is 0.263. The van der Waals surface area contributed by atoms with E-state index in [2.05, 4.69) is 19.7 Å². The third-order valence-electron chi connectivity index (χ3n) is 4.57. The monoisotopic (exact) mass is 395 g/mol. The van der Waals surface area contributed by atoms with Crippen molar-refractivity contribution in [2.24, 2.45) is 5.92 Å². The number of aromatic amines is 1. The standard InChI is InChI=1S/C19H17N5O3S/c20-7-2-8-23-28(26,27)14-4-1-3-13(9-14)15-10-21-19-17(15)24-16(11-22-19)18(25)12-5-6-12/h1,3-4,9-12,23H,2,5-6,8H2,(H,21,22). The summed E-state index contributed by atoms with van der Waals surface area (Å²) in [5, 5.41) is 8.58. The molecule has 0 atom stereocenters. The fourth-order valence-electron chi connectivity index (χ4n) is 2.94. The molecule has 0 unspecified atom stereocenters. The summed E-state index contributed by atoms with van der Waals surface area (Å²) in [4.78, 5) is 24.2. The average Bonchev–Trinajstić information content (AvgIpc) is 3.46. The first-order valence-electron chi connectivity index (χ1n) is 8.85. The number of nitriles is 1. The molecule has 2 heterocycles. The lowest BCUT2D eigenvalue weighted by molar-refractivity contribution is 0.0962. The summed E-state index contributed by atoms with van der Waals surface area (Å²) < 4.78 is 27.2. The zero-order valence-electron chi connectivity index (χ0n) is 14.8. The molecule has 8 nitrogen and oxygen atoms in total. The molecule has 0 bridgehead atoms. The number of fused-ring (bicyclic) bond motifs is 1. The van der Waals surface area contributed by atoms with Crippen LogP contribution in [-0.2, 0) is 10.0 Å². The summed E-state index contributed by atoms with van der Waals surface area (Å²) in [7, 11) is -3.73. The topological polar surface area (TPSA) is 129 Å². The average molecular weight is 395 g/mol. The van der Waals surface area contributed by atoms with Crippen LogP contribution >= 0.6 is 0 Å². The highest BCUT2D eigenvalue weighted by molar-refractivity contribution is 7.89. The third-order valence-corrected chi connectivity index (χ3v) is 6.02. The molecule has 0 saturated heterocycles. The van der Waals surface area contributed by atoms with Gasteiger partial charge in [-0.15, -0.1) is 0 Å². The number of hydrogen-bond acceptors (Lipinski definition) is 6. The molecule has 2 N–H and O–H groups in total. The summed E-state index contributed by atoms with van der Waals surface area (Å²) in [6, 6.07) is 8.33. The van der Waals surface area contributed by atoms with Crippen LogP contribution in [0.5, 0.6) is 0 Å². The van der Waals surface area contributed by atoms with Gasteiger partial charge < -0.3 is 4.98 Å². The Labute approximate surface area is 161 Å². The molecule has 1 fully saturated rings. The number of nitrogens with one attached hydrogen (secondary N) is 2. The Balaban J connectivity index is 1.71. The molecule has 28 heavy (non-hydrogen) atoms. The largest absolute Gasteiger partial charge is 0.344 e. The van der Waals surface area contributed by atoms with Gasteiger partial charge in [0.2, 0.25) is 10.0 Å². The summed E-state index contributed by atoms with van der Waals surface area (Å²) in [6.07, 6.45) is 5.04. The van der Waals surface area contributed by atoms with E-state index in [9.17, 15) is 13.2 Å². The van der Waals surface area contributed by atoms with Crippen LogP contribution in [0.15, 0.2) is 41.6 Å². The maximum Gasteiger partial charge on any atom is 0.240 e. The van der Waals surface area contributed by atoms with Crippen LogP contribution in [0.2, 0.25) is 0 Å². The normalized spacial score (nSPS) is 14.1. The first-order valence-corrected chi connectivity index (χ1v) is 10.3. The molecule has 0 radical (unpaired) electrons. The summed E-state index contributed by atoms with van der Waals surface area (Å²) in [5.74, 6) is 0.0432. The van der Waals surface area contributed by atoms with Gasteiger partial charge in [-0.25, -0.2) is 23.1 Å². The molecule has 0 amide bonds. The van der Waals surface area contributed by atoms with Crippen LogP contribution in [0.3, 0.4) is 0 Å². The van der Waals surface area contributed by atoms with E-state index in [1.807, 2.05) is 6.07 Å². The number of rotatable bonds is 7. The lowest BCUT2D eigenvalue weighted by atomic mass is 10.1. The van der Waals surface area contributed by atoms with Crippen LogP contribution in [0.25, 0.3) is 22.3 Å². The summed E-state index contributed by atoms with van der Waals surface area (Å²) in [6.45, 7) is 0.0499. The van der Waals surface area contributed by atoms with E-state index in [1.165, 1.54) is 18.3 Å². The van der Waals surface area contributed by atoms with Gasteiger partial charge in [0, 0.05) is 30.6 Å². The minimum absolute atomic E-state index is 0.000397. The second kappa shape index (κ2) is 7.14. The molecular weight excluding hydrogens is 378 g/mol. The minimum Gasteiger partial charge on any atom is -0.344 e. The van der Waals surface area contributed by atoms with Gasteiger partial charge in [-0.1, -0.05) is 12.1 Å². The molecule has 1 saturated carbocycles. The molecule has 3 aromatic rings. The Bertz CT molecular complexity index is 1210. The number of hydrogen-bond donors (Lipinski definition) is 2. The van der Waals surface area contributed by atoms with Crippen molar-refractivity contribution in [1.29, 1.82) is 5.26 Å². The van der Waals surface area contributed by atoms with Crippen LogP contribution in [0, 0.1) is 17.2 Å². The fourth-order valence-corrected chi connectivity index (χ4v) is 4.02. The number of ketones is 1. The van der Waals surface area contributed by atoms with Crippen molar-refractivity contribution in [1.82, 2.24) is 19.7 Å². The van der Waals surface area contributed by atoms with E-state index >= 15 is 0 Å². The molecule has 2 aromatic heterocycles. The number of H-pyrrole nitrogens is 1. The zero-order valence-corrected chi connectivity index (χ0v) is 15.7. The van der Waals surface area contributed by atoms with Gasteiger partial charge in [-0.2, -0.15) is 5.26 Å². The van der Waals surface area contributed by atoms with Gasteiger partial charge in [0.15, 0.2) is 11.4 Å². The van der Waals surface area contributed by atoms with Gasteiger partial charge >= 0.3 is 0 Å². The van der Waals surface area contributed by atoms with Crippen molar-refractivity contribution in [2.75, 3.05) is 6.54 Å². The van der Waals surface area contributed by atoms with Crippen molar-refractivity contribution in [3.63, 3.8) is 0 Å². The van der Waals surface area contributed by atoms with Gasteiger partial charge in [0.25, 0.3) is 0 Å². The summed E-state index contributed by atoms with van der Waals surface area (Å²) >= 11 is 0. The number of benzene rings is 1. The molecule has 1 aromatic carbocycles. The lowest BCUT2D eigenvalue weighted by Crippen LogP contribution is -2.24. The Kier molecular flexibility index (Phi) is 4.66. The number of Topliss-reactive ketones (excluding diaryl/α,β-unsaturated/α-hetero) is 1.